The zero-order valence-corrected chi connectivity index (χ0v) is 25.3. The summed E-state index contributed by atoms with van der Waals surface area (Å²) in [5, 5.41) is 3.63. The lowest BCUT2D eigenvalue weighted by molar-refractivity contribution is -0.140. The maximum atomic E-state index is 14.0. The number of nitrogens with zero attached hydrogens (tertiary/aromatic N) is 2. The average Bonchev–Trinajstić information content (AvgIpc) is 2.93. The fraction of sp³-hybridized carbons (Fsp3) is 0.333. The van der Waals surface area contributed by atoms with Gasteiger partial charge in [-0.05, 0) is 67.8 Å². The Bertz CT molecular complexity index is 1400. The van der Waals surface area contributed by atoms with Gasteiger partial charge in [0.05, 0.1) is 10.6 Å². The molecular formula is C30H35Cl2N3O4S. The fourth-order valence-electron chi connectivity index (χ4n) is 4.21. The van der Waals surface area contributed by atoms with Crippen LogP contribution in [0.25, 0.3) is 0 Å². The lowest BCUT2D eigenvalue weighted by atomic mass is 10.1. The largest absolute Gasteiger partial charge is 0.354 e. The van der Waals surface area contributed by atoms with Gasteiger partial charge in [0.1, 0.15) is 12.6 Å². The summed E-state index contributed by atoms with van der Waals surface area (Å²) in [4.78, 5) is 28.7. The molecule has 3 aromatic carbocycles. The molecule has 0 aliphatic rings. The Hall–Kier alpha value is -3.07. The van der Waals surface area contributed by atoms with Crippen molar-refractivity contribution in [3.63, 3.8) is 0 Å². The number of anilines is 1. The van der Waals surface area contributed by atoms with E-state index in [4.69, 9.17) is 23.2 Å². The molecule has 0 aliphatic carbocycles. The molecule has 3 rings (SSSR count). The number of hydrogen-bond donors (Lipinski definition) is 1. The predicted octanol–water partition coefficient (Wildman–Crippen LogP) is 6.22. The van der Waals surface area contributed by atoms with Crippen molar-refractivity contribution < 1.29 is 18.0 Å². The Kier molecular flexibility index (Phi) is 11.4. The molecular weight excluding hydrogens is 569 g/mol. The third-order valence-corrected chi connectivity index (χ3v) is 8.74. The summed E-state index contributed by atoms with van der Waals surface area (Å²) < 4.78 is 28.7. The van der Waals surface area contributed by atoms with Gasteiger partial charge < -0.3 is 10.2 Å². The molecule has 0 aliphatic heterocycles. The van der Waals surface area contributed by atoms with E-state index in [1.54, 1.807) is 18.2 Å². The molecule has 0 heterocycles. The second-order valence-corrected chi connectivity index (χ2v) is 12.3. The van der Waals surface area contributed by atoms with Crippen molar-refractivity contribution in [3.8, 4) is 0 Å². The Balaban J connectivity index is 2.03. The Morgan fingerprint density at radius 1 is 0.925 bits per heavy atom. The minimum absolute atomic E-state index is 0.0286. The smallest absolute Gasteiger partial charge is 0.264 e. The van der Waals surface area contributed by atoms with E-state index in [1.165, 1.54) is 35.2 Å². The predicted molar refractivity (Wildman–Crippen MR) is 161 cm³/mol. The highest BCUT2D eigenvalue weighted by atomic mass is 35.5. The highest BCUT2D eigenvalue weighted by molar-refractivity contribution is 7.92. The van der Waals surface area contributed by atoms with E-state index in [9.17, 15) is 18.0 Å². The van der Waals surface area contributed by atoms with Crippen LogP contribution in [0, 0.1) is 6.92 Å². The summed E-state index contributed by atoms with van der Waals surface area (Å²) in [6.45, 7) is 5.94. The third-order valence-electron chi connectivity index (χ3n) is 6.47. The van der Waals surface area contributed by atoms with Crippen molar-refractivity contribution in [3.05, 3.63) is 94.0 Å². The topological polar surface area (TPSA) is 86.8 Å². The molecule has 2 amide bonds. The van der Waals surface area contributed by atoms with Crippen LogP contribution in [-0.4, -0.2) is 44.3 Å². The van der Waals surface area contributed by atoms with Gasteiger partial charge in [0, 0.05) is 23.1 Å². The van der Waals surface area contributed by atoms with Gasteiger partial charge in [-0.15, -0.1) is 0 Å². The lowest BCUT2D eigenvalue weighted by Crippen LogP contribution is -2.52. The van der Waals surface area contributed by atoms with Crippen LogP contribution in [-0.2, 0) is 26.2 Å². The van der Waals surface area contributed by atoms with Crippen molar-refractivity contribution in [2.24, 2.45) is 0 Å². The molecule has 0 saturated heterocycles. The van der Waals surface area contributed by atoms with Crippen LogP contribution in [0.15, 0.2) is 77.7 Å². The van der Waals surface area contributed by atoms with Gasteiger partial charge in [-0.3, -0.25) is 13.9 Å². The van der Waals surface area contributed by atoms with Gasteiger partial charge in [0.15, 0.2) is 0 Å². The second-order valence-electron chi connectivity index (χ2n) is 9.52. The fourth-order valence-corrected chi connectivity index (χ4v) is 5.93. The number of carbonyl (C=O) groups is 2. The molecule has 0 aromatic heterocycles. The molecule has 0 bridgehead atoms. The average molecular weight is 605 g/mol. The number of halogens is 2. The van der Waals surface area contributed by atoms with E-state index in [0.29, 0.717) is 23.0 Å². The minimum Gasteiger partial charge on any atom is -0.354 e. The normalized spacial score (nSPS) is 12.0. The zero-order valence-electron chi connectivity index (χ0n) is 22.9. The third kappa shape index (κ3) is 8.22. The van der Waals surface area contributed by atoms with Gasteiger partial charge >= 0.3 is 0 Å². The number of unbranched alkanes of at least 4 members (excludes halogenated alkanes) is 1. The van der Waals surface area contributed by atoms with E-state index in [1.807, 2.05) is 45.0 Å². The number of carbonyl (C=O) groups excluding carboxylic acids is 2. The number of amides is 2. The summed E-state index contributed by atoms with van der Waals surface area (Å²) >= 11 is 12.2. The van der Waals surface area contributed by atoms with Crippen molar-refractivity contribution in [1.29, 1.82) is 0 Å². The SMILES string of the molecule is CCCCNC(=O)[C@H](CC)N(Cc1ccc(C)cc1)C(=O)CN(c1cccc(Cl)c1)S(=O)(=O)c1ccc(Cl)cc1. The molecule has 0 saturated carbocycles. The maximum Gasteiger partial charge on any atom is 0.264 e. The lowest BCUT2D eigenvalue weighted by Gasteiger charge is -2.33. The molecule has 214 valence electrons. The molecule has 0 fully saturated rings. The molecule has 1 atom stereocenters. The van der Waals surface area contributed by atoms with Crippen LogP contribution >= 0.6 is 23.2 Å². The Labute approximate surface area is 247 Å². The Morgan fingerprint density at radius 3 is 2.20 bits per heavy atom. The maximum absolute atomic E-state index is 14.0. The van der Waals surface area contributed by atoms with Gasteiger partial charge in [0.25, 0.3) is 10.0 Å². The summed E-state index contributed by atoms with van der Waals surface area (Å²) in [5.74, 6) is -0.790. The Morgan fingerprint density at radius 2 is 1.60 bits per heavy atom. The van der Waals surface area contributed by atoms with Crippen molar-refractivity contribution in [2.75, 3.05) is 17.4 Å². The number of sulfonamides is 1. The first-order valence-corrected chi connectivity index (χ1v) is 15.4. The standard InChI is InChI=1S/C30H35Cl2N3O4S/c1-4-6-18-33-30(37)28(5-2)34(20-23-12-10-22(3)11-13-23)29(36)21-35(26-9-7-8-25(32)19-26)40(38,39)27-16-14-24(31)15-17-27/h7-17,19,28H,4-6,18,20-21H2,1-3H3,(H,33,37)/t28-/m0/s1. The van der Waals surface area contributed by atoms with Gasteiger partial charge in [0.2, 0.25) is 11.8 Å². The summed E-state index contributed by atoms with van der Waals surface area (Å²) in [5.41, 5.74) is 2.12. The van der Waals surface area contributed by atoms with Crippen LogP contribution in [0.4, 0.5) is 5.69 Å². The van der Waals surface area contributed by atoms with E-state index < -0.39 is 28.5 Å². The van der Waals surface area contributed by atoms with Gasteiger partial charge in [-0.1, -0.05) is 79.4 Å². The van der Waals surface area contributed by atoms with Crippen LogP contribution in [0.5, 0.6) is 0 Å². The first kappa shape index (κ1) is 31.5. The van der Waals surface area contributed by atoms with Crippen LogP contribution in [0.2, 0.25) is 10.0 Å². The van der Waals surface area contributed by atoms with Gasteiger partial charge in [-0.2, -0.15) is 0 Å². The summed E-state index contributed by atoms with van der Waals surface area (Å²) in [6, 6.07) is 18.9. The van der Waals surface area contributed by atoms with Gasteiger partial charge in [-0.25, -0.2) is 8.42 Å². The molecule has 7 nitrogen and oxygen atoms in total. The van der Waals surface area contributed by atoms with E-state index in [-0.39, 0.29) is 23.0 Å². The number of aryl methyl sites for hydroxylation is 1. The summed E-state index contributed by atoms with van der Waals surface area (Å²) in [6.07, 6.45) is 2.09. The number of nitrogens with one attached hydrogen (secondary N) is 1. The van der Waals surface area contributed by atoms with Crippen molar-refractivity contribution >= 4 is 50.7 Å². The molecule has 3 aromatic rings. The van der Waals surface area contributed by atoms with Crippen LogP contribution in [0.1, 0.15) is 44.2 Å². The first-order chi connectivity index (χ1) is 19.1. The summed E-state index contributed by atoms with van der Waals surface area (Å²) in [7, 11) is -4.20. The molecule has 0 radical (unpaired) electrons. The van der Waals surface area contributed by atoms with Crippen LogP contribution in [0.3, 0.4) is 0 Å². The van der Waals surface area contributed by atoms with E-state index in [2.05, 4.69) is 5.32 Å². The molecule has 40 heavy (non-hydrogen) atoms. The van der Waals surface area contributed by atoms with Crippen molar-refractivity contribution in [2.45, 2.75) is 57.5 Å². The molecule has 1 N–H and O–H groups in total. The first-order valence-electron chi connectivity index (χ1n) is 13.2. The minimum atomic E-state index is -4.20. The highest BCUT2D eigenvalue weighted by Crippen LogP contribution is 2.27. The number of benzene rings is 3. The monoisotopic (exact) mass is 603 g/mol. The zero-order chi connectivity index (χ0) is 29.3. The van der Waals surface area contributed by atoms with E-state index in [0.717, 1.165) is 28.3 Å². The molecule has 0 unspecified atom stereocenters. The number of hydrogen-bond acceptors (Lipinski definition) is 4. The molecule has 0 spiro atoms. The van der Waals surface area contributed by atoms with Crippen LogP contribution < -0.4 is 9.62 Å². The van der Waals surface area contributed by atoms with E-state index >= 15 is 0 Å². The second kappa shape index (κ2) is 14.5. The quantitative estimate of drug-likeness (QED) is 0.235. The number of rotatable bonds is 13. The molecule has 10 heteroatoms. The van der Waals surface area contributed by atoms with Crippen molar-refractivity contribution in [1.82, 2.24) is 10.2 Å². The highest BCUT2D eigenvalue weighted by Gasteiger charge is 2.33.